The number of ether oxygens (including phenoxy) is 2. The zero-order valence-corrected chi connectivity index (χ0v) is 16.2. The first-order chi connectivity index (χ1) is 12.0. The van der Waals surface area contributed by atoms with Crippen LogP contribution in [0.1, 0.15) is 40.2 Å². The van der Waals surface area contributed by atoms with Crippen LogP contribution in [0.5, 0.6) is 5.75 Å². The molecule has 7 heteroatoms. The summed E-state index contributed by atoms with van der Waals surface area (Å²) in [5.41, 5.74) is 0.0823. The average molecular weight is 366 g/mol. The third kappa shape index (κ3) is 10.0. The van der Waals surface area contributed by atoms with Gasteiger partial charge in [0.2, 0.25) is 5.91 Å². The van der Waals surface area contributed by atoms with Gasteiger partial charge in [0.05, 0.1) is 6.42 Å². The summed E-state index contributed by atoms with van der Waals surface area (Å²) in [6.07, 6.45) is -1.30. The lowest BCUT2D eigenvalue weighted by Crippen LogP contribution is -2.37. The van der Waals surface area contributed by atoms with E-state index in [0.717, 1.165) is 5.56 Å². The molecule has 26 heavy (non-hydrogen) atoms. The second kappa shape index (κ2) is 10.1. The lowest BCUT2D eigenvalue weighted by Gasteiger charge is -2.19. The molecular weight excluding hydrogens is 336 g/mol. The first-order valence-corrected chi connectivity index (χ1v) is 8.71. The van der Waals surface area contributed by atoms with Crippen molar-refractivity contribution in [2.75, 3.05) is 13.2 Å². The van der Waals surface area contributed by atoms with Gasteiger partial charge < -0.3 is 19.9 Å². The van der Waals surface area contributed by atoms with Crippen LogP contribution in [0.3, 0.4) is 0 Å². The highest BCUT2D eigenvalue weighted by atomic mass is 16.6. The maximum absolute atomic E-state index is 11.9. The number of aliphatic hydroxyl groups is 1. The molecule has 0 aliphatic rings. The summed E-state index contributed by atoms with van der Waals surface area (Å²) in [5, 5.41) is 15.1. The van der Waals surface area contributed by atoms with Gasteiger partial charge in [0.25, 0.3) is 0 Å². The summed E-state index contributed by atoms with van der Waals surface area (Å²) < 4.78 is 10.5. The number of carbonyl (C=O) groups excluding carboxylic acids is 2. The predicted octanol–water partition coefficient (Wildman–Crippen LogP) is 2.02. The fraction of sp³-hybridized carbons (Fsp3) is 0.579. The minimum Gasteiger partial charge on any atom is -0.491 e. The van der Waals surface area contributed by atoms with E-state index in [1.54, 1.807) is 45.0 Å². The van der Waals surface area contributed by atoms with Gasteiger partial charge in [-0.2, -0.15) is 0 Å². The Kier molecular flexibility index (Phi) is 8.54. The van der Waals surface area contributed by atoms with Gasteiger partial charge in [-0.1, -0.05) is 26.0 Å². The molecule has 1 unspecified atom stereocenters. The fourth-order valence-electron chi connectivity index (χ4n) is 1.97. The van der Waals surface area contributed by atoms with E-state index in [9.17, 15) is 14.7 Å². The fourth-order valence-corrected chi connectivity index (χ4v) is 1.97. The first kappa shape index (κ1) is 21.9. The quantitative estimate of drug-likeness (QED) is 0.651. The Morgan fingerprint density at radius 1 is 1.15 bits per heavy atom. The minimum atomic E-state index is -0.758. The van der Waals surface area contributed by atoms with E-state index in [1.807, 2.05) is 13.8 Å². The van der Waals surface area contributed by atoms with Gasteiger partial charge in [-0.3, -0.25) is 10.1 Å². The van der Waals surface area contributed by atoms with Crippen molar-refractivity contribution < 1.29 is 24.2 Å². The van der Waals surface area contributed by atoms with Crippen LogP contribution in [0.4, 0.5) is 4.79 Å². The Morgan fingerprint density at radius 2 is 1.77 bits per heavy atom. The van der Waals surface area contributed by atoms with Crippen LogP contribution < -0.4 is 15.4 Å². The molecule has 0 heterocycles. The van der Waals surface area contributed by atoms with Crippen LogP contribution in [0.2, 0.25) is 0 Å². The van der Waals surface area contributed by atoms with Crippen molar-refractivity contribution >= 4 is 12.0 Å². The topological polar surface area (TPSA) is 96.9 Å². The number of hydrogen-bond donors (Lipinski definition) is 3. The van der Waals surface area contributed by atoms with Gasteiger partial charge >= 0.3 is 6.09 Å². The summed E-state index contributed by atoms with van der Waals surface area (Å²) in [7, 11) is 0. The van der Waals surface area contributed by atoms with E-state index in [4.69, 9.17) is 9.47 Å². The van der Waals surface area contributed by atoms with Crippen molar-refractivity contribution in [2.24, 2.45) is 0 Å². The van der Waals surface area contributed by atoms with E-state index >= 15 is 0 Å². The SMILES string of the molecule is CC(C)NCC(O)COc1ccc(CC(=O)NC(=O)OC(C)(C)C)cc1. The number of benzene rings is 1. The standard InChI is InChI=1S/C19H30N2O5/c1-13(2)20-11-15(22)12-25-16-8-6-14(7-9-16)10-17(23)21-18(24)26-19(3,4)5/h6-9,13,15,20,22H,10-12H2,1-5H3,(H,21,23,24). The highest BCUT2D eigenvalue weighted by Crippen LogP contribution is 2.13. The van der Waals surface area contributed by atoms with Crippen molar-refractivity contribution in [2.45, 2.75) is 58.8 Å². The van der Waals surface area contributed by atoms with Crippen molar-refractivity contribution in [1.29, 1.82) is 0 Å². The molecule has 1 atom stereocenters. The van der Waals surface area contributed by atoms with Crippen LogP contribution in [-0.2, 0) is 16.0 Å². The number of hydrogen-bond acceptors (Lipinski definition) is 6. The molecule has 0 aliphatic heterocycles. The van der Waals surface area contributed by atoms with Gasteiger partial charge in [-0.05, 0) is 38.5 Å². The van der Waals surface area contributed by atoms with Crippen molar-refractivity contribution in [3.05, 3.63) is 29.8 Å². The number of alkyl carbamates (subject to hydrolysis) is 1. The summed E-state index contributed by atoms with van der Waals surface area (Å²) in [6, 6.07) is 7.22. The Hall–Kier alpha value is -2.12. The second-order valence-electron chi connectivity index (χ2n) is 7.40. The van der Waals surface area contributed by atoms with Gasteiger partial charge in [-0.15, -0.1) is 0 Å². The molecule has 1 aromatic rings. The third-order valence-electron chi connectivity index (χ3n) is 3.13. The number of imide groups is 1. The normalized spacial score (nSPS) is 12.6. The monoisotopic (exact) mass is 366 g/mol. The molecule has 2 amide bonds. The summed E-state index contributed by atoms with van der Waals surface area (Å²) in [4.78, 5) is 23.4. The molecular formula is C19H30N2O5. The van der Waals surface area contributed by atoms with Crippen LogP contribution in [0.15, 0.2) is 24.3 Å². The smallest absolute Gasteiger partial charge is 0.414 e. The highest BCUT2D eigenvalue weighted by molar-refractivity contribution is 5.92. The molecule has 1 rings (SSSR count). The molecule has 146 valence electrons. The Labute approximate surface area is 155 Å². The number of rotatable bonds is 8. The molecule has 0 saturated carbocycles. The Morgan fingerprint density at radius 3 is 2.31 bits per heavy atom. The molecule has 3 N–H and O–H groups in total. The molecule has 0 saturated heterocycles. The largest absolute Gasteiger partial charge is 0.491 e. The molecule has 1 aromatic carbocycles. The van der Waals surface area contributed by atoms with Crippen LogP contribution in [0.25, 0.3) is 0 Å². The minimum absolute atomic E-state index is 0.0560. The Balaban J connectivity index is 2.40. The Bertz CT molecular complexity index is 579. The van der Waals surface area contributed by atoms with E-state index < -0.39 is 23.7 Å². The molecule has 7 nitrogen and oxygen atoms in total. The molecule has 0 spiro atoms. The van der Waals surface area contributed by atoms with Crippen molar-refractivity contribution in [3.8, 4) is 5.75 Å². The molecule has 0 aromatic heterocycles. The van der Waals surface area contributed by atoms with Crippen LogP contribution >= 0.6 is 0 Å². The van der Waals surface area contributed by atoms with E-state index in [2.05, 4.69) is 10.6 Å². The lowest BCUT2D eigenvalue weighted by atomic mass is 10.1. The second-order valence-corrected chi connectivity index (χ2v) is 7.40. The summed E-state index contributed by atoms with van der Waals surface area (Å²) >= 11 is 0. The average Bonchev–Trinajstić information content (AvgIpc) is 2.50. The van der Waals surface area contributed by atoms with Crippen molar-refractivity contribution in [3.63, 3.8) is 0 Å². The third-order valence-corrected chi connectivity index (χ3v) is 3.13. The zero-order chi connectivity index (χ0) is 19.7. The molecule has 0 fully saturated rings. The maximum atomic E-state index is 11.9. The zero-order valence-electron chi connectivity index (χ0n) is 16.2. The van der Waals surface area contributed by atoms with Crippen LogP contribution in [-0.4, -0.2) is 48.0 Å². The van der Waals surface area contributed by atoms with Crippen LogP contribution in [0, 0.1) is 0 Å². The molecule has 0 aliphatic carbocycles. The summed E-state index contributed by atoms with van der Waals surface area (Å²) in [6.45, 7) is 9.83. The van der Waals surface area contributed by atoms with Gasteiger partial charge in [0.15, 0.2) is 0 Å². The van der Waals surface area contributed by atoms with Gasteiger partial charge in [0, 0.05) is 12.6 Å². The number of carbonyl (C=O) groups is 2. The highest BCUT2D eigenvalue weighted by Gasteiger charge is 2.18. The van der Waals surface area contributed by atoms with Gasteiger partial charge in [0.1, 0.15) is 24.1 Å². The first-order valence-electron chi connectivity index (χ1n) is 8.71. The maximum Gasteiger partial charge on any atom is 0.414 e. The van der Waals surface area contributed by atoms with Crippen molar-refractivity contribution in [1.82, 2.24) is 10.6 Å². The van der Waals surface area contributed by atoms with Gasteiger partial charge in [-0.25, -0.2) is 4.79 Å². The van der Waals surface area contributed by atoms with E-state index in [1.165, 1.54) is 0 Å². The number of aliphatic hydroxyl groups excluding tert-OH is 1. The van der Waals surface area contributed by atoms with E-state index in [-0.39, 0.29) is 13.0 Å². The molecule has 0 bridgehead atoms. The number of amides is 2. The summed E-state index contributed by atoms with van der Waals surface area (Å²) in [5.74, 6) is 0.160. The molecule has 0 radical (unpaired) electrons. The number of nitrogens with one attached hydrogen (secondary N) is 2. The predicted molar refractivity (Wildman–Crippen MR) is 99.2 cm³/mol. The van der Waals surface area contributed by atoms with E-state index in [0.29, 0.717) is 18.3 Å². The lowest BCUT2D eigenvalue weighted by molar-refractivity contribution is -0.120.